The number of aryl methyl sites for hydroxylation is 1. The smallest absolute Gasteiger partial charge is 0.327 e. The second-order valence-corrected chi connectivity index (χ2v) is 3.53. The molecule has 84 valence electrons. The standard InChI is InChI=1S/C12H14N2O2/c1-8-6-11(5-4-10(8)7-13)14-9(2)12(15)16-3/h4-6,9,14H,1-3H3. The summed E-state index contributed by atoms with van der Waals surface area (Å²) in [7, 11) is 1.35. The maximum Gasteiger partial charge on any atom is 0.327 e. The van der Waals surface area contributed by atoms with Crippen LogP contribution in [0.1, 0.15) is 18.1 Å². The Kier molecular flexibility index (Phi) is 3.90. The molecule has 0 heterocycles. The highest BCUT2D eigenvalue weighted by molar-refractivity contribution is 5.78. The largest absolute Gasteiger partial charge is 0.467 e. The van der Waals surface area contributed by atoms with Gasteiger partial charge in [-0.05, 0) is 37.6 Å². The van der Waals surface area contributed by atoms with E-state index in [-0.39, 0.29) is 5.97 Å². The van der Waals surface area contributed by atoms with Gasteiger partial charge < -0.3 is 10.1 Å². The number of esters is 1. The first-order valence-corrected chi connectivity index (χ1v) is 4.93. The van der Waals surface area contributed by atoms with E-state index in [9.17, 15) is 4.79 Å². The maximum atomic E-state index is 11.2. The van der Waals surface area contributed by atoms with Gasteiger partial charge in [0.1, 0.15) is 6.04 Å². The Labute approximate surface area is 94.8 Å². The first kappa shape index (κ1) is 12.1. The summed E-state index contributed by atoms with van der Waals surface area (Å²) >= 11 is 0. The van der Waals surface area contributed by atoms with E-state index >= 15 is 0 Å². The number of nitrogens with one attached hydrogen (secondary N) is 1. The summed E-state index contributed by atoms with van der Waals surface area (Å²) in [4.78, 5) is 11.2. The van der Waals surface area contributed by atoms with Crippen molar-refractivity contribution in [2.45, 2.75) is 19.9 Å². The molecule has 0 saturated heterocycles. The van der Waals surface area contributed by atoms with Gasteiger partial charge in [0.15, 0.2) is 0 Å². The van der Waals surface area contributed by atoms with Crippen LogP contribution in [0.2, 0.25) is 0 Å². The Balaban J connectivity index is 2.80. The average Bonchev–Trinajstić information content (AvgIpc) is 2.28. The van der Waals surface area contributed by atoms with E-state index in [4.69, 9.17) is 5.26 Å². The highest BCUT2D eigenvalue weighted by Gasteiger charge is 2.12. The first-order valence-electron chi connectivity index (χ1n) is 4.93. The Morgan fingerprint density at radius 2 is 2.25 bits per heavy atom. The van der Waals surface area contributed by atoms with Crippen molar-refractivity contribution in [1.29, 1.82) is 5.26 Å². The number of hydrogen-bond acceptors (Lipinski definition) is 4. The Morgan fingerprint density at radius 1 is 1.56 bits per heavy atom. The number of benzene rings is 1. The highest BCUT2D eigenvalue weighted by atomic mass is 16.5. The van der Waals surface area contributed by atoms with Crippen LogP contribution in [0.15, 0.2) is 18.2 Å². The number of anilines is 1. The molecule has 1 aromatic carbocycles. The molecule has 0 aliphatic rings. The van der Waals surface area contributed by atoms with Crippen molar-refractivity contribution in [3.05, 3.63) is 29.3 Å². The average molecular weight is 218 g/mol. The molecule has 0 amide bonds. The fraction of sp³-hybridized carbons (Fsp3) is 0.333. The SMILES string of the molecule is COC(=O)C(C)Nc1ccc(C#N)c(C)c1. The van der Waals surface area contributed by atoms with Gasteiger partial charge in [-0.1, -0.05) is 0 Å². The van der Waals surface area contributed by atoms with Gasteiger partial charge in [0, 0.05) is 5.69 Å². The molecule has 0 aliphatic carbocycles. The molecule has 1 rings (SSSR count). The molecule has 1 unspecified atom stereocenters. The molecule has 0 aliphatic heterocycles. The van der Waals surface area contributed by atoms with Crippen LogP contribution < -0.4 is 5.32 Å². The van der Waals surface area contributed by atoms with E-state index < -0.39 is 6.04 Å². The monoisotopic (exact) mass is 218 g/mol. The lowest BCUT2D eigenvalue weighted by Gasteiger charge is -2.13. The van der Waals surface area contributed by atoms with Crippen LogP contribution >= 0.6 is 0 Å². The van der Waals surface area contributed by atoms with E-state index in [1.165, 1.54) is 7.11 Å². The molecule has 1 atom stereocenters. The van der Waals surface area contributed by atoms with E-state index in [1.807, 2.05) is 13.0 Å². The highest BCUT2D eigenvalue weighted by Crippen LogP contribution is 2.15. The first-order chi connectivity index (χ1) is 7.58. The molecule has 1 aromatic rings. The molecule has 4 heteroatoms. The van der Waals surface area contributed by atoms with Gasteiger partial charge in [0.25, 0.3) is 0 Å². The predicted octanol–water partition coefficient (Wildman–Crippen LogP) is 1.84. The Bertz CT molecular complexity index is 435. The van der Waals surface area contributed by atoms with Crippen molar-refractivity contribution in [1.82, 2.24) is 0 Å². The lowest BCUT2D eigenvalue weighted by molar-refractivity contribution is -0.141. The van der Waals surface area contributed by atoms with Gasteiger partial charge >= 0.3 is 5.97 Å². The lowest BCUT2D eigenvalue weighted by atomic mass is 10.1. The van der Waals surface area contributed by atoms with E-state index in [2.05, 4.69) is 16.1 Å². The second-order valence-electron chi connectivity index (χ2n) is 3.53. The van der Waals surface area contributed by atoms with Crippen molar-refractivity contribution in [2.24, 2.45) is 0 Å². The van der Waals surface area contributed by atoms with Crippen LogP contribution in [-0.4, -0.2) is 19.1 Å². The van der Waals surface area contributed by atoms with Crippen molar-refractivity contribution in [3.63, 3.8) is 0 Å². The van der Waals surface area contributed by atoms with Crippen LogP contribution in [0.5, 0.6) is 0 Å². The summed E-state index contributed by atoms with van der Waals surface area (Å²) in [5.74, 6) is -0.318. The molecule has 0 spiro atoms. The van der Waals surface area contributed by atoms with Gasteiger partial charge in [0.2, 0.25) is 0 Å². The molecule has 0 aromatic heterocycles. The molecular weight excluding hydrogens is 204 g/mol. The van der Waals surface area contributed by atoms with Crippen molar-refractivity contribution >= 4 is 11.7 Å². The lowest BCUT2D eigenvalue weighted by Crippen LogP contribution is -2.27. The zero-order valence-electron chi connectivity index (χ0n) is 9.57. The zero-order valence-corrected chi connectivity index (χ0v) is 9.57. The molecular formula is C12H14N2O2. The molecule has 0 fully saturated rings. The van der Waals surface area contributed by atoms with Crippen LogP contribution in [0.25, 0.3) is 0 Å². The third-order valence-electron chi connectivity index (χ3n) is 2.28. The minimum atomic E-state index is -0.405. The quantitative estimate of drug-likeness (QED) is 0.786. The number of carbonyl (C=O) groups excluding carboxylic acids is 1. The van der Waals surface area contributed by atoms with Crippen LogP contribution in [0.3, 0.4) is 0 Å². The minimum absolute atomic E-state index is 0.318. The molecule has 0 saturated carbocycles. The number of hydrogen-bond donors (Lipinski definition) is 1. The van der Waals surface area contributed by atoms with E-state index in [1.54, 1.807) is 19.1 Å². The fourth-order valence-corrected chi connectivity index (χ4v) is 1.36. The fourth-order valence-electron chi connectivity index (χ4n) is 1.36. The van der Waals surface area contributed by atoms with Gasteiger partial charge in [-0.3, -0.25) is 0 Å². The third-order valence-corrected chi connectivity index (χ3v) is 2.28. The summed E-state index contributed by atoms with van der Waals surface area (Å²) in [6.45, 7) is 3.58. The summed E-state index contributed by atoms with van der Waals surface area (Å²) < 4.78 is 4.61. The summed E-state index contributed by atoms with van der Waals surface area (Å²) in [5, 5.41) is 11.8. The van der Waals surface area contributed by atoms with Crippen molar-refractivity contribution < 1.29 is 9.53 Å². The van der Waals surface area contributed by atoms with Crippen molar-refractivity contribution in [3.8, 4) is 6.07 Å². The molecule has 16 heavy (non-hydrogen) atoms. The number of nitriles is 1. The second kappa shape index (κ2) is 5.17. The normalized spacial score (nSPS) is 11.4. The molecule has 1 N–H and O–H groups in total. The summed E-state index contributed by atoms with van der Waals surface area (Å²) in [5.41, 5.74) is 2.32. The molecule has 4 nitrogen and oxygen atoms in total. The number of methoxy groups -OCH3 is 1. The molecule has 0 bridgehead atoms. The van der Waals surface area contributed by atoms with Crippen LogP contribution in [0, 0.1) is 18.3 Å². The topological polar surface area (TPSA) is 62.1 Å². The summed E-state index contributed by atoms with van der Waals surface area (Å²) in [6, 6.07) is 7.01. The number of carbonyl (C=O) groups is 1. The van der Waals surface area contributed by atoms with Gasteiger partial charge in [-0.2, -0.15) is 5.26 Å². The minimum Gasteiger partial charge on any atom is -0.467 e. The third kappa shape index (κ3) is 2.74. The zero-order chi connectivity index (χ0) is 12.1. The number of ether oxygens (including phenoxy) is 1. The van der Waals surface area contributed by atoms with Gasteiger partial charge in [-0.15, -0.1) is 0 Å². The Morgan fingerprint density at radius 3 is 2.75 bits per heavy atom. The Hall–Kier alpha value is -2.02. The van der Waals surface area contributed by atoms with Gasteiger partial charge in [-0.25, -0.2) is 4.79 Å². The molecule has 0 radical (unpaired) electrons. The van der Waals surface area contributed by atoms with E-state index in [0.29, 0.717) is 5.56 Å². The van der Waals surface area contributed by atoms with Crippen LogP contribution in [-0.2, 0) is 9.53 Å². The number of nitrogens with zero attached hydrogens (tertiary/aromatic N) is 1. The van der Waals surface area contributed by atoms with Crippen LogP contribution in [0.4, 0.5) is 5.69 Å². The van der Waals surface area contributed by atoms with Crippen molar-refractivity contribution in [2.75, 3.05) is 12.4 Å². The predicted molar refractivity (Wildman–Crippen MR) is 61.0 cm³/mol. The maximum absolute atomic E-state index is 11.2. The number of rotatable bonds is 3. The van der Waals surface area contributed by atoms with E-state index in [0.717, 1.165) is 11.3 Å². The summed E-state index contributed by atoms with van der Waals surface area (Å²) in [6.07, 6.45) is 0. The van der Waals surface area contributed by atoms with Gasteiger partial charge in [0.05, 0.1) is 18.7 Å².